The van der Waals surface area contributed by atoms with Gasteiger partial charge in [0, 0.05) is 45.6 Å². The maximum absolute atomic E-state index is 5.10. The molecule has 0 amide bonds. The molecule has 4 aromatic heterocycles. The minimum atomic E-state index is 0.702. The normalized spacial score (nSPS) is 11.5. The van der Waals surface area contributed by atoms with Crippen molar-refractivity contribution in [2.75, 3.05) is 0 Å². The summed E-state index contributed by atoms with van der Waals surface area (Å²) < 4.78 is 1.02. The van der Waals surface area contributed by atoms with Crippen LogP contribution >= 0.6 is 11.3 Å². The van der Waals surface area contributed by atoms with Crippen LogP contribution in [0.5, 0.6) is 0 Å². The zero-order chi connectivity index (χ0) is 33.7. The van der Waals surface area contributed by atoms with Crippen molar-refractivity contribution in [3.63, 3.8) is 0 Å². The Kier molecular flexibility index (Phi) is 6.93. The molecule has 0 saturated carbocycles. The first kappa shape index (κ1) is 29.3. The molecule has 0 atom stereocenters. The Morgan fingerprint density at radius 1 is 0.373 bits per heavy atom. The molecule has 6 heteroatoms. The van der Waals surface area contributed by atoms with Crippen LogP contribution in [0.1, 0.15) is 0 Å². The van der Waals surface area contributed by atoms with Gasteiger partial charge in [-0.2, -0.15) is 0 Å². The zero-order valence-electron chi connectivity index (χ0n) is 27.2. The number of aromatic nitrogens is 5. The van der Waals surface area contributed by atoms with E-state index in [1.54, 1.807) is 11.3 Å². The number of fused-ring (bicyclic) bond motifs is 5. The highest BCUT2D eigenvalue weighted by Gasteiger charge is 2.14. The molecule has 4 heterocycles. The summed E-state index contributed by atoms with van der Waals surface area (Å²) in [5.74, 6) is 1.41. The first-order valence-corrected chi connectivity index (χ1v) is 17.6. The van der Waals surface area contributed by atoms with Gasteiger partial charge in [-0.3, -0.25) is 0 Å². The molecule has 0 fully saturated rings. The Morgan fingerprint density at radius 2 is 0.980 bits per heavy atom. The van der Waals surface area contributed by atoms with Gasteiger partial charge in [-0.1, -0.05) is 121 Å². The van der Waals surface area contributed by atoms with Crippen molar-refractivity contribution in [1.29, 1.82) is 0 Å². The lowest BCUT2D eigenvalue weighted by molar-refractivity contribution is 1.18. The van der Waals surface area contributed by atoms with E-state index in [4.69, 9.17) is 24.9 Å². The number of pyridine rings is 1. The van der Waals surface area contributed by atoms with Crippen molar-refractivity contribution in [2.45, 2.75) is 0 Å². The van der Waals surface area contributed by atoms with E-state index in [9.17, 15) is 0 Å². The van der Waals surface area contributed by atoms with E-state index >= 15 is 0 Å². The van der Waals surface area contributed by atoms with Gasteiger partial charge < -0.3 is 0 Å². The number of hydrogen-bond donors (Lipinski definition) is 0. The zero-order valence-corrected chi connectivity index (χ0v) is 28.0. The minimum absolute atomic E-state index is 0.702. The summed E-state index contributed by atoms with van der Waals surface area (Å²) >= 11 is 1.62. The highest BCUT2D eigenvalue weighted by molar-refractivity contribution is 7.25. The van der Waals surface area contributed by atoms with E-state index in [1.807, 2.05) is 60.9 Å². The fourth-order valence-electron chi connectivity index (χ4n) is 6.72. The maximum atomic E-state index is 5.10. The van der Waals surface area contributed by atoms with Crippen molar-refractivity contribution >= 4 is 53.3 Å². The third-order valence-electron chi connectivity index (χ3n) is 9.37. The largest absolute Gasteiger partial charge is 0.245 e. The van der Waals surface area contributed by atoms with Crippen LogP contribution in [0.25, 0.3) is 98.4 Å². The van der Waals surface area contributed by atoms with E-state index in [0.29, 0.717) is 11.6 Å². The highest BCUT2D eigenvalue weighted by atomic mass is 32.1. The molecule has 238 valence electrons. The summed E-state index contributed by atoms with van der Waals surface area (Å²) in [7, 11) is 0. The van der Waals surface area contributed by atoms with Crippen LogP contribution in [-0.4, -0.2) is 24.9 Å². The van der Waals surface area contributed by atoms with Crippen LogP contribution in [0.15, 0.2) is 164 Å². The van der Waals surface area contributed by atoms with Gasteiger partial charge in [0.25, 0.3) is 0 Å². The maximum Gasteiger partial charge on any atom is 0.160 e. The number of hydrogen-bond acceptors (Lipinski definition) is 6. The number of thiophene rings is 1. The van der Waals surface area contributed by atoms with Gasteiger partial charge in [-0.15, -0.1) is 11.3 Å². The van der Waals surface area contributed by atoms with Gasteiger partial charge in [-0.05, 0) is 57.4 Å². The molecule has 10 aromatic rings. The molecule has 0 aliphatic heterocycles. The van der Waals surface area contributed by atoms with Crippen LogP contribution in [0.3, 0.4) is 0 Å². The minimum Gasteiger partial charge on any atom is -0.245 e. The Balaban J connectivity index is 1.01. The van der Waals surface area contributed by atoms with Crippen LogP contribution in [0.4, 0.5) is 0 Å². The quantitative estimate of drug-likeness (QED) is 0.171. The van der Waals surface area contributed by atoms with Gasteiger partial charge in [0.1, 0.15) is 4.83 Å². The second kappa shape index (κ2) is 12.1. The van der Waals surface area contributed by atoms with Gasteiger partial charge >= 0.3 is 0 Å². The second-order valence-corrected chi connectivity index (χ2v) is 13.6. The lowest BCUT2D eigenvalue weighted by Gasteiger charge is -2.10. The molecule has 10 rings (SSSR count). The van der Waals surface area contributed by atoms with E-state index < -0.39 is 0 Å². The first-order chi connectivity index (χ1) is 25.2. The van der Waals surface area contributed by atoms with E-state index in [0.717, 1.165) is 65.2 Å². The van der Waals surface area contributed by atoms with Gasteiger partial charge in [-0.25, -0.2) is 24.9 Å². The first-order valence-electron chi connectivity index (χ1n) is 16.8. The lowest BCUT2D eigenvalue weighted by atomic mass is 10.0. The smallest absolute Gasteiger partial charge is 0.160 e. The number of benzene rings is 6. The van der Waals surface area contributed by atoms with Crippen molar-refractivity contribution in [3.05, 3.63) is 164 Å². The molecule has 51 heavy (non-hydrogen) atoms. The monoisotopic (exact) mass is 669 g/mol. The molecular weight excluding hydrogens is 643 g/mol. The van der Waals surface area contributed by atoms with Crippen molar-refractivity contribution in [1.82, 2.24) is 24.9 Å². The Bertz CT molecular complexity index is 2840. The lowest BCUT2D eigenvalue weighted by Crippen LogP contribution is -1.95. The number of nitrogens with zero attached hydrogens (tertiary/aromatic N) is 5. The van der Waals surface area contributed by atoms with Gasteiger partial charge in [0.2, 0.25) is 0 Å². The van der Waals surface area contributed by atoms with Crippen molar-refractivity contribution in [3.8, 4) is 56.4 Å². The Hall–Kier alpha value is -6.63. The predicted molar refractivity (Wildman–Crippen MR) is 210 cm³/mol. The van der Waals surface area contributed by atoms with E-state index in [2.05, 4.69) is 103 Å². The topological polar surface area (TPSA) is 64.5 Å². The summed E-state index contributed by atoms with van der Waals surface area (Å²) in [6, 6.07) is 52.6. The average molecular weight is 670 g/mol. The van der Waals surface area contributed by atoms with E-state index in [1.165, 1.54) is 21.5 Å². The molecule has 0 N–H and O–H groups in total. The SMILES string of the molecule is c1ccc(-c2cc(-c3ccc(-c4cnc5sc6cnc(-c7ccc8cc9ccccc9cc8c7)nc6c5c4)cc3)nc(-c3ccccc3)n2)cc1. The highest BCUT2D eigenvalue weighted by Crippen LogP contribution is 2.36. The predicted octanol–water partition coefficient (Wildman–Crippen LogP) is 11.7. The molecule has 0 saturated heterocycles. The molecule has 0 unspecified atom stereocenters. The number of rotatable bonds is 5. The fourth-order valence-corrected chi connectivity index (χ4v) is 7.66. The summed E-state index contributed by atoms with van der Waals surface area (Å²) in [4.78, 5) is 25.6. The molecule has 0 spiro atoms. The van der Waals surface area contributed by atoms with Crippen LogP contribution in [0.2, 0.25) is 0 Å². The van der Waals surface area contributed by atoms with Crippen LogP contribution < -0.4 is 0 Å². The third kappa shape index (κ3) is 5.39. The summed E-state index contributed by atoms with van der Waals surface area (Å²) in [5.41, 5.74) is 8.84. The van der Waals surface area contributed by atoms with Crippen LogP contribution in [-0.2, 0) is 0 Å². The molecular formula is C45H27N5S. The Labute approximate surface area is 297 Å². The molecule has 0 aliphatic carbocycles. The fraction of sp³-hybridized carbons (Fsp3) is 0. The van der Waals surface area contributed by atoms with Crippen molar-refractivity contribution in [2.24, 2.45) is 0 Å². The Morgan fingerprint density at radius 3 is 1.73 bits per heavy atom. The summed E-state index contributed by atoms with van der Waals surface area (Å²) in [5, 5.41) is 5.86. The summed E-state index contributed by atoms with van der Waals surface area (Å²) in [6.07, 6.45) is 3.87. The third-order valence-corrected chi connectivity index (χ3v) is 10.4. The van der Waals surface area contributed by atoms with Crippen molar-refractivity contribution < 1.29 is 0 Å². The molecule has 6 aromatic carbocycles. The van der Waals surface area contributed by atoms with E-state index in [-0.39, 0.29) is 0 Å². The molecule has 0 radical (unpaired) electrons. The molecule has 0 bridgehead atoms. The average Bonchev–Trinajstić information content (AvgIpc) is 3.58. The second-order valence-electron chi connectivity index (χ2n) is 12.6. The van der Waals surface area contributed by atoms with Gasteiger partial charge in [0.15, 0.2) is 11.6 Å². The van der Waals surface area contributed by atoms with Crippen LogP contribution in [0, 0.1) is 0 Å². The molecule has 0 aliphatic rings. The van der Waals surface area contributed by atoms with Gasteiger partial charge in [0.05, 0.1) is 21.6 Å². The summed E-state index contributed by atoms with van der Waals surface area (Å²) in [6.45, 7) is 0. The standard InChI is InChI=1S/C45H27N5S/c1-3-9-29(10-4-1)39-25-40(49-44(48-39)31-11-5-2-6-12-31)30-17-15-28(16-18-30)37-24-38-42-41(51-45(38)47-26-37)27-46-43(50-42)35-20-19-34-21-32-13-7-8-14-33(32)22-36(34)23-35/h1-27H. The molecule has 5 nitrogen and oxygen atoms in total.